The van der Waals surface area contributed by atoms with Crippen molar-refractivity contribution in [1.29, 1.82) is 0 Å². The molecular weight excluding hydrogens is 396 g/mol. The smallest absolute Gasteiger partial charge is 0.257 e. The second-order valence-electron chi connectivity index (χ2n) is 8.42. The Morgan fingerprint density at radius 3 is 2.57 bits per heavy atom. The molecule has 30 heavy (non-hydrogen) atoms. The number of piperazine rings is 1. The minimum atomic E-state index is -0.101. The molecule has 0 radical (unpaired) electrons. The van der Waals surface area contributed by atoms with Gasteiger partial charge in [0, 0.05) is 43.2 Å². The van der Waals surface area contributed by atoms with Gasteiger partial charge in [0.15, 0.2) is 0 Å². The van der Waals surface area contributed by atoms with Gasteiger partial charge in [-0.2, -0.15) is 5.10 Å². The van der Waals surface area contributed by atoms with Crippen molar-refractivity contribution < 1.29 is 4.79 Å². The Balaban J connectivity index is 1.64. The van der Waals surface area contributed by atoms with Crippen molar-refractivity contribution in [2.45, 2.75) is 26.3 Å². The third-order valence-corrected chi connectivity index (χ3v) is 6.43. The highest BCUT2D eigenvalue weighted by Crippen LogP contribution is 2.36. The second kappa shape index (κ2) is 8.88. The maximum atomic E-state index is 13.4. The average molecular weight is 425 g/mol. The first kappa shape index (κ1) is 21.0. The van der Waals surface area contributed by atoms with Crippen molar-refractivity contribution in [2.24, 2.45) is 5.10 Å². The molecule has 2 aromatic carbocycles. The largest absolute Gasteiger partial charge is 0.304 e. The topological polar surface area (TPSA) is 39.2 Å². The number of hydrogen-bond acceptors (Lipinski definition) is 4. The van der Waals surface area contributed by atoms with Crippen molar-refractivity contribution in [3.8, 4) is 0 Å². The van der Waals surface area contributed by atoms with E-state index in [0.29, 0.717) is 18.0 Å². The van der Waals surface area contributed by atoms with Crippen LogP contribution in [0.25, 0.3) is 0 Å². The summed E-state index contributed by atoms with van der Waals surface area (Å²) in [6, 6.07) is 14.1. The van der Waals surface area contributed by atoms with Crippen molar-refractivity contribution >= 4 is 23.2 Å². The lowest BCUT2D eigenvalue weighted by Gasteiger charge is -2.33. The molecule has 0 saturated carbocycles. The second-order valence-corrected chi connectivity index (χ2v) is 8.83. The summed E-state index contributed by atoms with van der Waals surface area (Å²) in [6.07, 6.45) is 0.669. The highest BCUT2D eigenvalue weighted by atomic mass is 35.5. The first-order valence-electron chi connectivity index (χ1n) is 10.5. The quantitative estimate of drug-likeness (QED) is 0.747. The van der Waals surface area contributed by atoms with Gasteiger partial charge in [0.05, 0.1) is 18.3 Å². The molecule has 0 spiro atoms. The number of nitrogens with zero attached hydrogens (tertiary/aromatic N) is 4. The molecule has 0 aliphatic carbocycles. The van der Waals surface area contributed by atoms with Gasteiger partial charge in [-0.25, -0.2) is 5.01 Å². The highest BCUT2D eigenvalue weighted by Gasteiger charge is 2.35. The van der Waals surface area contributed by atoms with Gasteiger partial charge in [0.1, 0.15) is 0 Å². The third-order valence-electron chi connectivity index (χ3n) is 6.10. The number of amides is 1. The Morgan fingerprint density at radius 2 is 1.83 bits per heavy atom. The van der Waals surface area contributed by atoms with Crippen LogP contribution in [0.4, 0.5) is 0 Å². The van der Waals surface area contributed by atoms with Crippen LogP contribution in [-0.4, -0.2) is 66.2 Å². The SMILES string of the molecule is Cc1ccc(C)c([C@@H]2CC(c3ccccc3Cl)=NN2C(=O)CN2CCN(C)CC2)c1. The molecule has 2 aliphatic heterocycles. The van der Waals surface area contributed by atoms with Crippen molar-refractivity contribution in [2.75, 3.05) is 39.8 Å². The molecule has 2 aliphatic rings. The number of benzene rings is 2. The lowest BCUT2D eigenvalue weighted by atomic mass is 9.94. The normalized spacial score (nSPS) is 20.5. The summed E-state index contributed by atoms with van der Waals surface area (Å²) in [5.74, 6) is 0.0486. The van der Waals surface area contributed by atoms with E-state index in [1.54, 1.807) is 5.01 Å². The molecule has 1 amide bonds. The van der Waals surface area contributed by atoms with Gasteiger partial charge >= 0.3 is 0 Å². The first-order valence-corrected chi connectivity index (χ1v) is 10.9. The van der Waals surface area contributed by atoms with Crippen LogP contribution in [0.2, 0.25) is 5.02 Å². The minimum absolute atomic E-state index is 0.0486. The zero-order valence-electron chi connectivity index (χ0n) is 17.9. The van der Waals surface area contributed by atoms with Gasteiger partial charge in [-0.3, -0.25) is 9.69 Å². The number of hydrazone groups is 1. The van der Waals surface area contributed by atoms with Crippen LogP contribution in [0.5, 0.6) is 0 Å². The fourth-order valence-corrected chi connectivity index (χ4v) is 4.47. The predicted octanol–water partition coefficient (Wildman–Crippen LogP) is 3.88. The third kappa shape index (κ3) is 4.43. The van der Waals surface area contributed by atoms with Crippen molar-refractivity contribution in [3.63, 3.8) is 0 Å². The Bertz CT molecular complexity index is 965. The number of hydrogen-bond donors (Lipinski definition) is 0. The van der Waals surface area contributed by atoms with Gasteiger partial charge in [-0.15, -0.1) is 0 Å². The maximum Gasteiger partial charge on any atom is 0.257 e. The van der Waals surface area contributed by atoms with Gasteiger partial charge in [-0.05, 0) is 38.1 Å². The predicted molar refractivity (Wildman–Crippen MR) is 122 cm³/mol. The summed E-state index contributed by atoms with van der Waals surface area (Å²) in [6.45, 7) is 8.38. The fourth-order valence-electron chi connectivity index (χ4n) is 4.23. The van der Waals surface area contributed by atoms with Crippen LogP contribution in [0, 0.1) is 13.8 Å². The van der Waals surface area contributed by atoms with Crippen LogP contribution >= 0.6 is 11.6 Å². The van der Waals surface area contributed by atoms with Gasteiger partial charge in [0.2, 0.25) is 0 Å². The molecule has 4 rings (SSSR count). The number of halogens is 1. The number of likely N-dealkylation sites (N-methyl/N-ethyl adjacent to an activating group) is 1. The molecule has 6 heteroatoms. The molecule has 2 heterocycles. The summed E-state index contributed by atoms with van der Waals surface area (Å²) in [5.41, 5.74) is 5.31. The van der Waals surface area contributed by atoms with Gasteiger partial charge in [0.25, 0.3) is 5.91 Å². The lowest BCUT2D eigenvalue weighted by Crippen LogP contribution is -2.48. The Labute approximate surface area is 183 Å². The molecular formula is C24H29ClN4O. The minimum Gasteiger partial charge on any atom is -0.304 e. The zero-order valence-corrected chi connectivity index (χ0v) is 18.7. The molecule has 0 unspecified atom stereocenters. The monoisotopic (exact) mass is 424 g/mol. The van der Waals surface area contributed by atoms with Crippen LogP contribution in [0.3, 0.4) is 0 Å². The molecule has 158 valence electrons. The van der Waals surface area contributed by atoms with E-state index in [9.17, 15) is 4.79 Å². The molecule has 5 nitrogen and oxygen atoms in total. The average Bonchev–Trinajstić information content (AvgIpc) is 3.17. The van der Waals surface area contributed by atoms with E-state index in [0.717, 1.165) is 43.0 Å². The number of aryl methyl sites for hydroxylation is 2. The number of rotatable bonds is 4. The summed E-state index contributed by atoms with van der Waals surface area (Å²) < 4.78 is 0. The molecule has 0 aromatic heterocycles. The molecule has 0 N–H and O–H groups in total. The highest BCUT2D eigenvalue weighted by molar-refractivity contribution is 6.34. The molecule has 1 fully saturated rings. The lowest BCUT2D eigenvalue weighted by molar-refractivity contribution is -0.134. The Morgan fingerprint density at radius 1 is 1.10 bits per heavy atom. The molecule has 1 saturated heterocycles. The summed E-state index contributed by atoms with van der Waals surface area (Å²) in [7, 11) is 2.12. The van der Waals surface area contributed by atoms with Crippen molar-refractivity contribution in [3.05, 3.63) is 69.7 Å². The van der Waals surface area contributed by atoms with Crippen LogP contribution < -0.4 is 0 Å². The van der Waals surface area contributed by atoms with E-state index in [1.165, 1.54) is 11.1 Å². The zero-order chi connectivity index (χ0) is 21.3. The Hall–Kier alpha value is -2.21. The van der Waals surface area contributed by atoms with Gasteiger partial charge in [-0.1, -0.05) is 53.6 Å². The van der Waals surface area contributed by atoms with E-state index in [2.05, 4.69) is 48.9 Å². The van der Waals surface area contributed by atoms with E-state index < -0.39 is 0 Å². The van der Waals surface area contributed by atoms with E-state index in [-0.39, 0.29) is 11.9 Å². The fraction of sp³-hybridized carbons (Fsp3) is 0.417. The molecule has 2 aromatic rings. The molecule has 1 atom stereocenters. The van der Waals surface area contributed by atoms with Crippen LogP contribution in [-0.2, 0) is 4.79 Å². The summed E-state index contributed by atoms with van der Waals surface area (Å²) in [5, 5.41) is 7.18. The molecule has 0 bridgehead atoms. The first-order chi connectivity index (χ1) is 14.4. The summed E-state index contributed by atoms with van der Waals surface area (Å²) in [4.78, 5) is 17.9. The summed E-state index contributed by atoms with van der Waals surface area (Å²) >= 11 is 6.45. The van der Waals surface area contributed by atoms with E-state index in [1.807, 2.05) is 24.3 Å². The van der Waals surface area contributed by atoms with E-state index >= 15 is 0 Å². The van der Waals surface area contributed by atoms with E-state index in [4.69, 9.17) is 16.7 Å². The van der Waals surface area contributed by atoms with Gasteiger partial charge < -0.3 is 4.90 Å². The Kier molecular flexibility index (Phi) is 6.23. The number of carbonyl (C=O) groups excluding carboxylic acids is 1. The van der Waals surface area contributed by atoms with Crippen molar-refractivity contribution in [1.82, 2.24) is 14.8 Å². The van der Waals surface area contributed by atoms with Crippen LogP contribution in [0.15, 0.2) is 47.6 Å². The maximum absolute atomic E-state index is 13.4. The van der Waals surface area contributed by atoms with Crippen LogP contribution in [0.1, 0.15) is 34.7 Å². The number of carbonyl (C=O) groups is 1. The standard InChI is InChI=1S/C24H29ClN4O/c1-17-8-9-18(2)20(14-17)23-15-22(19-6-4-5-7-21(19)25)26-29(23)24(30)16-28-12-10-27(3)11-13-28/h4-9,14,23H,10-13,15-16H2,1-3H3/t23-/m0/s1.